The fourth-order valence-corrected chi connectivity index (χ4v) is 3.46. The highest BCUT2D eigenvalue weighted by Gasteiger charge is 2.26. The van der Waals surface area contributed by atoms with E-state index in [1.165, 1.54) is 0 Å². The van der Waals surface area contributed by atoms with Crippen molar-refractivity contribution in [3.63, 3.8) is 0 Å². The van der Waals surface area contributed by atoms with Gasteiger partial charge in [0, 0.05) is 22.1 Å². The molecule has 3 amide bonds. The largest absolute Gasteiger partial charge is 0.492 e. The molecule has 3 aromatic rings. The molecule has 0 radical (unpaired) electrons. The zero-order valence-corrected chi connectivity index (χ0v) is 16.8. The van der Waals surface area contributed by atoms with Gasteiger partial charge in [-0.15, -0.1) is 0 Å². The summed E-state index contributed by atoms with van der Waals surface area (Å²) in [6.45, 7) is 0.303. The third-order valence-electron chi connectivity index (χ3n) is 4.72. The van der Waals surface area contributed by atoms with Crippen molar-refractivity contribution < 1.29 is 14.3 Å². The SMILES string of the molecule is O=C(Nc1ccccc1)Nc1cccc(NC(=O)[C@@H]2COc3ccc(Cl)cc3C2)c1. The first-order chi connectivity index (χ1) is 14.6. The molecule has 1 aliphatic heterocycles. The number of amides is 3. The van der Waals surface area contributed by atoms with E-state index >= 15 is 0 Å². The van der Waals surface area contributed by atoms with Gasteiger partial charge in [0.15, 0.2) is 0 Å². The maximum absolute atomic E-state index is 12.7. The number of benzene rings is 3. The van der Waals surface area contributed by atoms with Crippen LogP contribution in [0.3, 0.4) is 0 Å². The van der Waals surface area contributed by atoms with E-state index in [2.05, 4.69) is 16.0 Å². The van der Waals surface area contributed by atoms with Gasteiger partial charge in [-0.1, -0.05) is 35.9 Å². The van der Waals surface area contributed by atoms with Crippen molar-refractivity contribution in [1.82, 2.24) is 0 Å². The fraction of sp³-hybridized carbons (Fsp3) is 0.130. The lowest BCUT2D eigenvalue weighted by atomic mass is 9.96. The highest BCUT2D eigenvalue weighted by atomic mass is 35.5. The number of rotatable bonds is 4. The van der Waals surface area contributed by atoms with E-state index < -0.39 is 0 Å². The Balaban J connectivity index is 1.37. The first-order valence-electron chi connectivity index (χ1n) is 9.52. The van der Waals surface area contributed by atoms with Crippen LogP contribution in [0.1, 0.15) is 5.56 Å². The average Bonchev–Trinajstić information content (AvgIpc) is 2.74. The third-order valence-corrected chi connectivity index (χ3v) is 4.95. The van der Waals surface area contributed by atoms with Crippen molar-refractivity contribution in [3.8, 4) is 5.75 Å². The van der Waals surface area contributed by atoms with Crippen LogP contribution in [0.25, 0.3) is 0 Å². The van der Waals surface area contributed by atoms with Crippen molar-refractivity contribution in [2.45, 2.75) is 6.42 Å². The van der Waals surface area contributed by atoms with Gasteiger partial charge < -0.3 is 20.7 Å². The summed E-state index contributed by atoms with van der Waals surface area (Å²) in [5.41, 5.74) is 2.77. The number of carbonyl (C=O) groups excluding carboxylic acids is 2. The molecule has 4 rings (SSSR count). The second-order valence-corrected chi connectivity index (χ2v) is 7.42. The number of nitrogens with one attached hydrogen (secondary N) is 3. The van der Waals surface area contributed by atoms with Crippen LogP contribution in [0.5, 0.6) is 5.75 Å². The normalized spacial score (nSPS) is 14.8. The summed E-state index contributed by atoms with van der Waals surface area (Å²) < 4.78 is 5.70. The van der Waals surface area contributed by atoms with E-state index in [1.807, 2.05) is 30.3 Å². The Bertz CT molecular complexity index is 1070. The number of ether oxygens (including phenoxy) is 1. The summed E-state index contributed by atoms with van der Waals surface area (Å²) >= 11 is 6.05. The molecular formula is C23H20ClN3O3. The molecule has 0 aromatic heterocycles. The Labute approximate surface area is 179 Å². The number of fused-ring (bicyclic) bond motifs is 1. The predicted molar refractivity (Wildman–Crippen MR) is 118 cm³/mol. The number of anilines is 3. The lowest BCUT2D eigenvalue weighted by Crippen LogP contribution is -2.32. The second kappa shape index (κ2) is 8.88. The van der Waals surface area contributed by atoms with Crippen LogP contribution < -0.4 is 20.7 Å². The number of hydrogen-bond acceptors (Lipinski definition) is 3. The predicted octanol–water partition coefficient (Wildman–Crippen LogP) is 5.17. The number of urea groups is 1. The van der Waals surface area contributed by atoms with Gasteiger partial charge in [-0.3, -0.25) is 4.79 Å². The standard InChI is InChI=1S/C23H20ClN3O3/c24-17-9-10-21-15(12-17)11-16(14-30-21)22(28)25-19-7-4-8-20(13-19)27-23(29)26-18-5-2-1-3-6-18/h1-10,12-13,16H,11,14H2,(H,25,28)(H2,26,27,29)/t16-/m0/s1. The molecule has 3 N–H and O–H groups in total. The third kappa shape index (κ3) is 4.90. The maximum atomic E-state index is 12.7. The van der Waals surface area contributed by atoms with Gasteiger partial charge in [0.05, 0.1) is 5.92 Å². The summed E-state index contributed by atoms with van der Waals surface area (Å²) in [7, 11) is 0. The second-order valence-electron chi connectivity index (χ2n) is 6.98. The minimum absolute atomic E-state index is 0.147. The monoisotopic (exact) mass is 421 g/mol. The van der Waals surface area contributed by atoms with Crippen molar-refractivity contribution >= 4 is 40.6 Å². The van der Waals surface area contributed by atoms with Crippen LogP contribution in [0, 0.1) is 5.92 Å². The minimum atomic E-state index is -0.362. The number of halogens is 1. The average molecular weight is 422 g/mol. The number of carbonyl (C=O) groups is 2. The van der Waals surface area contributed by atoms with Crippen molar-refractivity contribution in [2.24, 2.45) is 5.92 Å². The van der Waals surface area contributed by atoms with Crippen LogP contribution in [0.2, 0.25) is 5.02 Å². The Kier molecular flexibility index (Phi) is 5.86. The molecule has 0 unspecified atom stereocenters. The molecule has 30 heavy (non-hydrogen) atoms. The topological polar surface area (TPSA) is 79.5 Å². The van der Waals surface area contributed by atoms with Crippen molar-refractivity contribution in [1.29, 1.82) is 0 Å². The molecule has 7 heteroatoms. The zero-order valence-electron chi connectivity index (χ0n) is 16.0. The van der Waals surface area contributed by atoms with Gasteiger partial charge in [-0.05, 0) is 60.5 Å². The first-order valence-corrected chi connectivity index (χ1v) is 9.90. The number of hydrogen-bond donors (Lipinski definition) is 3. The Morgan fingerprint density at radius 2 is 1.53 bits per heavy atom. The highest BCUT2D eigenvalue weighted by molar-refractivity contribution is 6.30. The van der Waals surface area contributed by atoms with E-state index in [-0.39, 0.29) is 17.9 Å². The first kappa shape index (κ1) is 19.8. The maximum Gasteiger partial charge on any atom is 0.323 e. The molecule has 0 spiro atoms. The van der Waals surface area contributed by atoms with Gasteiger partial charge in [-0.2, -0.15) is 0 Å². The van der Waals surface area contributed by atoms with E-state index in [4.69, 9.17) is 16.3 Å². The van der Waals surface area contributed by atoms with Gasteiger partial charge in [0.25, 0.3) is 0 Å². The molecule has 0 fully saturated rings. The molecule has 1 atom stereocenters. The molecule has 6 nitrogen and oxygen atoms in total. The summed E-state index contributed by atoms with van der Waals surface area (Å²) in [6, 6.07) is 21.2. The van der Waals surface area contributed by atoms with Gasteiger partial charge in [0.1, 0.15) is 12.4 Å². The summed E-state index contributed by atoms with van der Waals surface area (Å²) in [4.78, 5) is 24.9. The summed E-state index contributed by atoms with van der Waals surface area (Å²) in [6.07, 6.45) is 0.555. The lowest BCUT2D eigenvalue weighted by molar-refractivity contribution is -0.121. The van der Waals surface area contributed by atoms with E-state index in [1.54, 1.807) is 42.5 Å². The van der Waals surface area contributed by atoms with Crippen LogP contribution in [-0.2, 0) is 11.2 Å². The van der Waals surface area contributed by atoms with Crippen LogP contribution in [0.15, 0.2) is 72.8 Å². The smallest absolute Gasteiger partial charge is 0.323 e. The van der Waals surface area contributed by atoms with Crippen molar-refractivity contribution in [2.75, 3.05) is 22.6 Å². The molecule has 152 valence electrons. The van der Waals surface area contributed by atoms with E-state index in [9.17, 15) is 9.59 Å². The molecule has 1 heterocycles. The minimum Gasteiger partial charge on any atom is -0.492 e. The molecule has 0 aliphatic carbocycles. The number of para-hydroxylation sites is 1. The molecule has 0 saturated carbocycles. The Hall–Kier alpha value is -3.51. The molecule has 0 bridgehead atoms. The quantitative estimate of drug-likeness (QED) is 0.543. The van der Waals surface area contributed by atoms with Gasteiger partial charge in [-0.25, -0.2) is 4.79 Å². The zero-order chi connectivity index (χ0) is 20.9. The highest BCUT2D eigenvalue weighted by Crippen LogP contribution is 2.30. The Morgan fingerprint density at radius 3 is 2.33 bits per heavy atom. The molecule has 3 aromatic carbocycles. The Morgan fingerprint density at radius 1 is 0.833 bits per heavy atom. The van der Waals surface area contributed by atoms with E-state index in [0.717, 1.165) is 11.3 Å². The summed E-state index contributed by atoms with van der Waals surface area (Å²) in [5, 5.41) is 9.03. The molecule has 0 saturated heterocycles. The fourth-order valence-electron chi connectivity index (χ4n) is 3.27. The van der Waals surface area contributed by atoms with Crippen LogP contribution in [-0.4, -0.2) is 18.5 Å². The van der Waals surface area contributed by atoms with Crippen LogP contribution in [0.4, 0.5) is 21.9 Å². The summed E-state index contributed by atoms with van der Waals surface area (Å²) in [5.74, 6) is 0.291. The lowest BCUT2D eigenvalue weighted by Gasteiger charge is -2.24. The molecule has 1 aliphatic rings. The molecular weight excluding hydrogens is 402 g/mol. The van der Waals surface area contributed by atoms with Gasteiger partial charge in [0.2, 0.25) is 5.91 Å². The van der Waals surface area contributed by atoms with Crippen LogP contribution >= 0.6 is 11.6 Å². The van der Waals surface area contributed by atoms with Crippen molar-refractivity contribution in [3.05, 3.63) is 83.4 Å². The van der Waals surface area contributed by atoms with Gasteiger partial charge >= 0.3 is 6.03 Å². The van der Waals surface area contributed by atoms with E-state index in [0.29, 0.717) is 35.1 Å².